The van der Waals surface area contributed by atoms with E-state index in [9.17, 15) is 5.11 Å². The van der Waals surface area contributed by atoms with Crippen LogP contribution in [0.4, 0.5) is 0 Å². The molecule has 0 heterocycles. The number of aliphatic hydroxyl groups excluding tert-OH is 1. The number of halogens is 1. The lowest BCUT2D eigenvalue weighted by Gasteiger charge is -2.23. The van der Waals surface area contributed by atoms with Gasteiger partial charge in [-0.2, -0.15) is 0 Å². The first-order valence-corrected chi connectivity index (χ1v) is 7.33. The summed E-state index contributed by atoms with van der Waals surface area (Å²) in [5.74, 6) is 0. The van der Waals surface area contributed by atoms with Gasteiger partial charge in [0.15, 0.2) is 0 Å². The van der Waals surface area contributed by atoms with E-state index in [4.69, 9.17) is 11.6 Å². The number of hydrogen-bond acceptors (Lipinski definition) is 3. The molecule has 2 atom stereocenters. The highest BCUT2D eigenvalue weighted by molar-refractivity contribution is 6.30. The molecule has 1 rings (SSSR count). The van der Waals surface area contributed by atoms with Crippen LogP contribution in [-0.2, 0) is 0 Å². The van der Waals surface area contributed by atoms with Crippen molar-refractivity contribution < 1.29 is 5.11 Å². The number of benzene rings is 1. The van der Waals surface area contributed by atoms with Crippen LogP contribution >= 0.6 is 11.6 Å². The molecule has 0 radical (unpaired) electrons. The summed E-state index contributed by atoms with van der Waals surface area (Å²) in [6, 6.07) is 8.01. The van der Waals surface area contributed by atoms with E-state index in [1.165, 1.54) is 5.56 Å². The van der Waals surface area contributed by atoms with E-state index >= 15 is 0 Å². The Balaban J connectivity index is 2.37. The van der Waals surface area contributed by atoms with Crippen molar-refractivity contribution >= 4 is 11.6 Å². The SMILES string of the molecule is CCN(CC)CC(O)CN[C@@H](C)c1ccc(Cl)cc1. The zero-order valence-corrected chi connectivity index (χ0v) is 12.8. The van der Waals surface area contributed by atoms with Crippen LogP contribution in [0.1, 0.15) is 32.4 Å². The highest BCUT2D eigenvalue weighted by Gasteiger charge is 2.11. The molecule has 1 unspecified atom stereocenters. The van der Waals surface area contributed by atoms with Gasteiger partial charge in [-0.1, -0.05) is 37.6 Å². The Bertz CT molecular complexity index is 352. The van der Waals surface area contributed by atoms with E-state index in [-0.39, 0.29) is 12.1 Å². The molecule has 1 aromatic rings. The minimum Gasteiger partial charge on any atom is -0.390 e. The van der Waals surface area contributed by atoms with Crippen LogP contribution in [0.2, 0.25) is 5.02 Å². The Morgan fingerprint density at radius 3 is 2.32 bits per heavy atom. The molecule has 0 aromatic heterocycles. The molecule has 2 N–H and O–H groups in total. The lowest BCUT2D eigenvalue weighted by Crippen LogP contribution is -2.38. The van der Waals surface area contributed by atoms with Gasteiger partial charge in [-0.3, -0.25) is 0 Å². The number of nitrogens with one attached hydrogen (secondary N) is 1. The number of likely N-dealkylation sites (N-methyl/N-ethyl adjacent to an activating group) is 1. The molecule has 0 aliphatic rings. The summed E-state index contributed by atoms with van der Waals surface area (Å²) in [5, 5.41) is 14.1. The largest absolute Gasteiger partial charge is 0.390 e. The smallest absolute Gasteiger partial charge is 0.0791 e. The van der Waals surface area contributed by atoms with Crippen molar-refractivity contribution in [3.63, 3.8) is 0 Å². The van der Waals surface area contributed by atoms with Gasteiger partial charge in [0.2, 0.25) is 0 Å². The fourth-order valence-corrected chi connectivity index (χ4v) is 2.15. The molecule has 0 saturated heterocycles. The zero-order valence-electron chi connectivity index (χ0n) is 12.1. The molecule has 0 aliphatic carbocycles. The van der Waals surface area contributed by atoms with Crippen molar-refractivity contribution in [3.8, 4) is 0 Å². The Hall–Kier alpha value is -0.610. The van der Waals surface area contributed by atoms with E-state index in [0.29, 0.717) is 13.1 Å². The van der Waals surface area contributed by atoms with Gasteiger partial charge in [-0.15, -0.1) is 0 Å². The predicted octanol–water partition coefficient (Wildman–Crippen LogP) is 2.69. The Kier molecular flexibility index (Phi) is 7.39. The Labute approximate surface area is 121 Å². The van der Waals surface area contributed by atoms with Crippen molar-refractivity contribution in [3.05, 3.63) is 34.9 Å². The van der Waals surface area contributed by atoms with Crippen LogP contribution in [0.15, 0.2) is 24.3 Å². The molecule has 0 bridgehead atoms. The molecule has 19 heavy (non-hydrogen) atoms. The summed E-state index contributed by atoms with van der Waals surface area (Å²) in [6.07, 6.45) is -0.338. The van der Waals surface area contributed by atoms with Gasteiger partial charge in [0.25, 0.3) is 0 Å². The third-order valence-electron chi connectivity index (χ3n) is 3.39. The maximum absolute atomic E-state index is 10.00. The fourth-order valence-electron chi connectivity index (χ4n) is 2.03. The van der Waals surface area contributed by atoms with E-state index < -0.39 is 0 Å². The molecule has 1 aromatic carbocycles. The maximum atomic E-state index is 10.00. The average molecular weight is 285 g/mol. The third-order valence-corrected chi connectivity index (χ3v) is 3.65. The van der Waals surface area contributed by atoms with Crippen molar-refractivity contribution in [1.82, 2.24) is 10.2 Å². The minimum absolute atomic E-state index is 0.212. The van der Waals surface area contributed by atoms with Gasteiger partial charge in [-0.25, -0.2) is 0 Å². The third kappa shape index (κ3) is 5.91. The second-order valence-corrected chi connectivity index (χ2v) is 5.26. The van der Waals surface area contributed by atoms with E-state index in [1.807, 2.05) is 24.3 Å². The van der Waals surface area contributed by atoms with Gasteiger partial charge in [0.1, 0.15) is 0 Å². The van der Waals surface area contributed by atoms with Gasteiger partial charge >= 0.3 is 0 Å². The number of hydrogen-bond donors (Lipinski definition) is 2. The fraction of sp³-hybridized carbons (Fsp3) is 0.600. The Morgan fingerprint density at radius 2 is 1.79 bits per heavy atom. The van der Waals surface area contributed by atoms with Crippen molar-refractivity contribution in [2.45, 2.75) is 32.9 Å². The van der Waals surface area contributed by atoms with Crippen LogP contribution < -0.4 is 5.32 Å². The number of rotatable bonds is 8. The summed E-state index contributed by atoms with van der Waals surface area (Å²) >= 11 is 5.87. The maximum Gasteiger partial charge on any atom is 0.0791 e. The first kappa shape index (κ1) is 16.4. The van der Waals surface area contributed by atoms with Crippen LogP contribution in [0, 0.1) is 0 Å². The summed E-state index contributed by atoms with van der Waals surface area (Å²) in [7, 11) is 0. The first-order chi connectivity index (χ1) is 9.06. The van der Waals surface area contributed by atoms with Crippen molar-refractivity contribution in [2.75, 3.05) is 26.2 Å². The van der Waals surface area contributed by atoms with E-state index in [2.05, 4.69) is 31.0 Å². The van der Waals surface area contributed by atoms with Crippen molar-refractivity contribution in [2.24, 2.45) is 0 Å². The van der Waals surface area contributed by atoms with Crippen LogP contribution in [0.5, 0.6) is 0 Å². The van der Waals surface area contributed by atoms with Gasteiger partial charge in [-0.05, 0) is 37.7 Å². The van der Waals surface area contributed by atoms with Crippen molar-refractivity contribution in [1.29, 1.82) is 0 Å². The molecular formula is C15H25ClN2O. The number of nitrogens with zero attached hydrogens (tertiary/aromatic N) is 1. The molecule has 0 saturated carbocycles. The monoisotopic (exact) mass is 284 g/mol. The normalized spacial score (nSPS) is 14.6. The second-order valence-electron chi connectivity index (χ2n) is 4.82. The Morgan fingerprint density at radius 1 is 1.21 bits per heavy atom. The molecule has 0 amide bonds. The highest BCUT2D eigenvalue weighted by Crippen LogP contribution is 2.15. The van der Waals surface area contributed by atoms with Gasteiger partial charge in [0, 0.05) is 24.2 Å². The molecular weight excluding hydrogens is 260 g/mol. The molecule has 108 valence electrons. The topological polar surface area (TPSA) is 35.5 Å². The first-order valence-electron chi connectivity index (χ1n) is 6.96. The molecule has 4 heteroatoms. The van der Waals surface area contributed by atoms with Gasteiger partial charge in [0.05, 0.1) is 6.10 Å². The van der Waals surface area contributed by atoms with Crippen LogP contribution in [0.25, 0.3) is 0 Å². The molecule has 0 aliphatic heterocycles. The van der Waals surface area contributed by atoms with Gasteiger partial charge < -0.3 is 15.3 Å². The quantitative estimate of drug-likeness (QED) is 0.770. The van der Waals surface area contributed by atoms with E-state index in [1.54, 1.807) is 0 Å². The zero-order chi connectivity index (χ0) is 14.3. The van der Waals surface area contributed by atoms with Crippen LogP contribution in [-0.4, -0.2) is 42.3 Å². The lowest BCUT2D eigenvalue weighted by atomic mass is 10.1. The average Bonchev–Trinajstić information content (AvgIpc) is 2.43. The summed E-state index contributed by atoms with van der Waals surface area (Å²) in [5.41, 5.74) is 1.18. The molecule has 0 fully saturated rings. The summed E-state index contributed by atoms with van der Waals surface area (Å²) < 4.78 is 0. The summed E-state index contributed by atoms with van der Waals surface area (Å²) in [6.45, 7) is 9.57. The predicted molar refractivity (Wildman–Crippen MR) is 81.7 cm³/mol. The van der Waals surface area contributed by atoms with E-state index in [0.717, 1.165) is 18.1 Å². The minimum atomic E-state index is -0.338. The number of aliphatic hydroxyl groups is 1. The standard InChI is InChI=1S/C15H25ClN2O/c1-4-18(5-2)11-15(19)10-17-12(3)13-6-8-14(16)9-7-13/h6-9,12,15,17,19H,4-5,10-11H2,1-3H3/t12-,15?/m0/s1. The highest BCUT2D eigenvalue weighted by atomic mass is 35.5. The summed E-state index contributed by atoms with van der Waals surface area (Å²) in [4.78, 5) is 2.22. The molecule has 0 spiro atoms. The van der Waals surface area contributed by atoms with Crippen LogP contribution in [0.3, 0.4) is 0 Å². The molecule has 3 nitrogen and oxygen atoms in total. The lowest BCUT2D eigenvalue weighted by molar-refractivity contribution is 0.114. The second kappa shape index (κ2) is 8.54.